The lowest BCUT2D eigenvalue weighted by molar-refractivity contribution is -0.117. The fourth-order valence-electron chi connectivity index (χ4n) is 3.54. The normalized spacial score (nSPS) is 14.3. The Labute approximate surface area is 188 Å². The van der Waals surface area contributed by atoms with Gasteiger partial charge in [-0.2, -0.15) is 4.31 Å². The summed E-state index contributed by atoms with van der Waals surface area (Å²) in [4.78, 5) is 26.3. The van der Waals surface area contributed by atoms with Gasteiger partial charge in [-0.15, -0.1) is 0 Å². The van der Waals surface area contributed by atoms with Crippen molar-refractivity contribution in [3.63, 3.8) is 0 Å². The number of anilines is 1. The lowest BCUT2D eigenvalue weighted by Crippen LogP contribution is -2.31. The van der Waals surface area contributed by atoms with Gasteiger partial charge in [0, 0.05) is 38.3 Å². The molecule has 0 saturated carbocycles. The van der Waals surface area contributed by atoms with E-state index in [0.717, 1.165) is 24.2 Å². The molecule has 0 atom stereocenters. The lowest BCUT2D eigenvalue weighted by Gasteiger charge is -2.19. The average Bonchev–Trinajstić information content (AvgIpc) is 3.19. The van der Waals surface area contributed by atoms with Gasteiger partial charge in [-0.05, 0) is 42.3 Å². The number of halogens is 1. The Bertz CT molecular complexity index is 1070. The van der Waals surface area contributed by atoms with Crippen molar-refractivity contribution >= 4 is 39.1 Å². The average molecular weight is 464 g/mol. The molecule has 0 aromatic heterocycles. The maximum Gasteiger partial charge on any atom is 0.253 e. The molecule has 2 aromatic rings. The van der Waals surface area contributed by atoms with Crippen molar-refractivity contribution in [3.05, 3.63) is 58.6 Å². The van der Waals surface area contributed by atoms with Crippen molar-refractivity contribution in [2.75, 3.05) is 24.5 Å². The van der Waals surface area contributed by atoms with E-state index in [-0.39, 0.29) is 27.9 Å². The molecule has 1 aliphatic heterocycles. The highest BCUT2D eigenvalue weighted by atomic mass is 35.5. The number of rotatable bonds is 8. The predicted octanol–water partition coefficient (Wildman–Crippen LogP) is 3.43. The highest BCUT2D eigenvalue weighted by Gasteiger charge is 2.24. The maximum atomic E-state index is 12.7. The third-order valence-corrected chi connectivity index (χ3v) is 7.68. The van der Waals surface area contributed by atoms with Crippen LogP contribution in [-0.4, -0.2) is 44.2 Å². The Morgan fingerprint density at radius 3 is 2.39 bits per heavy atom. The van der Waals surface area contributed by atoms with E-state index in [4.69, 9.17) is 11.6 Å². The van der Waals surface area contributed by atoms with Crippen molar-refractivity contribution < 1.29 is 18.0 Å². The van der Waals surface area contributed by atoms with E-state index in [2.05, 4.69) is 5.32 Å². The summed E-state index contributed by atoms with van der Waals surface area (Å²) in [6, 6.07) is 11.6. The number of nitrogens with one attached hydrogen (secondary N) is 1. The maximum absolute atomic E-state index is 12.7. The molecule has 0 spiro atoms. The molecule has 0 bridgehead atoms. The Morgan fingerprint density at radius 2 is 1.81 bits per heavy atom. The number of hydrogen-bond acceptors (Lipinski definition) is 4. The number of carbonyl (C=O) groups is 2. The number of hydrogen-bond donors (Lipinski definition) is 1. The number of sulfonamides is 1. The van der Waals surface area contributed by atoms with Crippen LogP contribution in [0.3, 0.4) is 0 Å². The largest absolute Gasteiger partial charge is 0.348 e. The SMILES string of the molecule is CCN(CC)S(=O)(=O)c1ccc(Cl)c(C(=O)NCc2ccc(N3CCCC3=O)cc2)c1. The van der Waals surface area contributed by atoms with E-state index >= 15 is 0 Å². The molecule has 1 saturated heterocycles. The topological polar surface area (TPSA) is 86.8 Å². The summed E-state index contributed by atoms with van der Waals surface area (Å²) in [6.07, 6.45) is 1.43. The second kappa shape index (κ2) is 9.80. The van der Waals surface area contributed by atoms with E-state index in [1.165, 1.54) is 22.5 Å². The monoisotopic (exact) mass is 463 g/mol. The van der Waals surface area contributed by atoms with Crippen LogP contribution in [0.15, 0.2) is 47.4 Å². The van der Waals surface area contributed by atoms with Crippen LogP contribution < -0.4 is 10.2 Å². The fourth-order valence-corrected chi connectivity index (χ4v) is 5.23. The molecule has 3 rings (SSSR count). The van der Waals surface area contributed by atoms with Crippen LogP contribution in [0.25, 0.3) is 0 Å². The summed E-state index contributed by atoms with van der Waals surface area (Å²) in [5.41, 5.74) is 1.80. The first-order valence-electron chi connectivity index (χ1n) is 10.2. The van der Waals surface area contributed by atoms with Gasteiger partial charge in [0.15, 0.2) is 0 Å². The molecule has 31 heavy (non-hydrogen) atoms. The predicted molar refractivity (Wildman–Crippen MR) is 121 cm³/mol. The van der Waals surface area contributed by atoms with Gasteiger partial charge < -0.3 is 10.2 Å². The first-order chi connectivity index (χ1) is 14.8. The molecule has 1 N–H and O–H groups in total. The summed E-state index contributed by atoms with van der Waals surface area (Å²) >= 11 is 6.17. The molecule has 1 heterocycles. The van der Waals surface area contributed by atoms with Crippen molar-refractivity contribution in [1.29, 1.82) is 0 Å². The van der Waals surface area contributed by atoms with Crippen LogP contribution in [0.5, 0.6) is 0 Å². The van der Waals surface area contributed by atoms with E-state index in [1.807, 2.05) is 24.3 Å². The summed E-state index contributed by atoms with van der Waals surface area (Å²) in [5.74, 6) is -0.337. The van der Waals surface area contributed by atoms with Crippen molar-refractivity contribution in [3.8, 4) is 0 Å². The van der Waals surface area contributed by atoms with E-state index in [0.29, 0.717) is 19.5 Å². The summed E-state index contributed by atoms with van der Waals surface area (Å²) in [7, 11) is -3.70. The molecule has 0 aliphatic carbocycles. The minimum Gasteiger partial charge on any atom is -0.348 e. The standard InChI is InChI=1S/C22H26ClN3O4S/c1-3-25(4-2)31(29,30)18-11-12-20(23)19(14-18)22(28)24-15-16-7-9-17(10-8-16)26-13-5-6-21(26)27/h7-12,14H,3-6,13,15H2,1-2H3,(H,24,28). The smallest absolute Gasteiger partial charge is 0.253 e. The number of nitrogens with zero attached hydrogens (tertiary/aromatic N) is 2. The van der Waals surface area contributed by atoms with E-state index in [9.17, 15) is 18.0 Å². The second-order valence-corrected chi connectivity index (χ2v) is 9.57. The summed E-state index contributed by atoms with van der Waals surface area (Å²) < 4.78 is 26.8. The highest BCUT2D eigenvalue weighted by molar-refractivity contribution is 7.89. The first-order valence-corrected chi connectivity index (χ1v) is 12.1. The number of carbonyl (C=O) groups excluding carboxylic acids is 2. The molecule has 9 heteroatoms. The van der Waals surface area contributed by atoms with Gasteiger partial charge >= 0.3 is 0 Å². The van der Waals surface area contributed by atoms with Crippen LogP contribution in [-0.2, 0) is 21.4 Å². The Balaban J connectivity index is 1.71. The molecular weight excluding hydrogens is 438 g/mol. The fraction of sp³-hybridized carbons (Fsp3) is 0.364. The van der Waals surface area contributed by atoms with Gasteiger partial charge in [0.1, 0.15) is 0 Å². The van der Waals surface area contributed by atoms with Crippen LogP contribution in [0.2, 0.25) is 5.02 Å². The summed E-state index contributed by atoms with van der Waals surface area (Å²) in [6.45, 7) is 5.16. The minimum atomic E-state index is -3.70. The van der Waals surface area contributed by atoms with Gasteiger partial charge in [0.25, 0.3) is 5.91 Å². The molecule has 1 aliphatic rings. The van der Waals surface area contributed by atoms with Gasteiger partial charge in [0.2, 0.25) is 15.9 Å². The third kappa shape index (κ3) is 5.08. The van der Waals surface area contributed by atoms with Crippen molar-refractivity contribution in [1.82, 2.24) is 9.62 Å². The zero-order valence-electron chi connectivity index (χ0n) is 17.6. The van der Waals surface area contributed by atoms with E-state index in [1.54, 1.807) is 18.7 Å². The molecule has 166 valence electrons. The van der Waals surface area contributed by atoms with Crippen LogP contribution in [0.1, 0.15) is 42.6 Å². The van der Waals surface area contributed by atoms with Crippen LogP contribution >= 0.6 is 11.6 Å². The third-order valence-electron chi connectivity index (χ3n) is 5.30. The van der Waals surface area contributed by atoms with Crippen molar-refractivity contribution in [2.45, 2.75) is 38.1 Å². The number of amides is 2. The van der Waals surface area contributed by atoms with Gasteiger partial charge in [-0.1, -0.05) is 37.6 Å². The Hall–Kier alpha value is -2.42. The summed E-state index contributed by atoms with van der Waals surface area (Å²) in [5, 5.41) is 2.96. The molecular formula is C22H26ClN3O4S. The Morgan fingerprint density at radius 1 is 1.13 bits per heavy atom. The van der Waals surface area contributed by atoms with Gasteiger partial charge in [-0.25, -0.2) is 8.42 Å². The van der Waals surface area contributed by atoms with Gasteiger partial charge in [-0.3, -0.25) is 9.59 Å². The van der Waals surface area contributed by atoms with Crippen LogP contribution in [0.4, 0.5) is 5.69 Å². The zero-order chi connectivity index (χ0) is 22.6. The van der Waals surface area contributed by atoms with E-state index < -0.39 is 15.9 Å². The second-order valence-electron chi connectivity index (χ2n) is 7.23. The zero-order valence-corrected chi connectivity index (χ0v) is 19.2. The molecule has 0 unspecified atom stereocenters. The minimum absolute atomic E-state index is 0.0328. The van der Waals surface area contributed by atoms with Crippen molar-refractivity contribution in [2.24, 2.45) is 0 Å². The molecule has 1 fully saturated rings. The number of benzene rings is 2. The quantitative estimate of drug-likeness (QED) is 0.649. The molecule has 2 aromatic carbocycles. The molecule has 7 nitrogen and oxygen atoms in total. The first kappa shape index (κ1) is 23.2. The molecule has 0 radical (unpaired) electrons. The van der Waals surface area contributed by atoms with Gasteiger partial charge in [0.05, 0.1) is 15.5 Å². The lowest BCUT2D eigenvalue weighted by atomic mass is 10.1. The van der Waals surface area contributed by atoms with Crippen LogP contribution in [0, 0.1) is 0 Å². The Kier molecular flexibility index (Phi) is 7.35. The highest BCUT2D eigenvalue weighted by Crippen LogP contribution is 2.24. The molecule has 2 amide bonds.